The molecule has 104 valence electrons. The van der Waals surface area contributed by atoms with Crippen LogP contribution in [0.3, 0.4) is 0 Å². The van der Waals surface area contributed by atoms with Gasteiger partial charge in [-0.15, -0.1) is 0 Å². The number of hydrogen-bond acceptors (Lipinski definition) is 2. The van der Waals surface area contributed by atoms with Crippen molar-refractivity contribution < 1.29 is 5.11 Å². The topological polar surface area (TPSA) is 33.1 Å². The van der Waals surface area contributed by atoms with Gasteiger partial charge in [0.25, 0.3) is 0 Å². The summed E-state index contributed by atoms with van der Waals surface area (Å²) in [5, 5.41) is 10.6. The van der Waals surface area contributed by atoms with E-state index in [2.05, 4.69) is 29.2 Å². The molecule has 1 unspecified atom stereocenters. The Labute approximate surface area is 120 Å². The van der Waals surface area contributed by atoms with E-state index in [-0.39, 0.29) is 0 Å². The smallest absolute Gasteiger partial charge is 0.121 e. The minimum absolute atomic E-state index is 0.629. The van der Waals surface area contributed by atoms with Gasteiger partial charge in [-0.1, -0.05) is 36.8 Å². The van der Waals surface area contributed by atoms with Gasteiger partial charge in [0.1, 0.15) is 6.10 Å². The highest BCUT2D eigenvalue weighted by Crippen LogP contribution is 2.37. The number of aromatic nitrogens is 1. The number of rotatable bonds is 3. The second-order valence-corrected chi connectivity index (χ2v) is 5.92. The number of aliphatic hydroxyl groups excluding tert-OH is 1. The monoisotopic (exact) mass is 267 g/mol. The SMILES string of the molecule is Cc1cnc(C(O)c2cccc(C3CCC3)c2)c(C)c1. The summed E-state index contributed by atoms with van der Waals surface area (Å²) in [6.07, 6.45) is 5.08. The Kier molecular flexibility index (Phi) is 3.58. The van der Waals surface area contributed by atoms with Crippen molar-refractivity contribution in [3.8, 4) is 0 Å². The van der Waals surface area contributed by atoms with Gasteiger partial charge in [0.15, 0.2) is 0 Å². The van der Waals surface area contributed by atoms with Crippen LogP contribution in [0.5, 0.6) is 0 Å². The summed E-state index contributed by atoms with van der Waals surface area (Å²) in [6.45, 7) is 4.03. The molecule has 1 atom stereocenters. The molecule has 1 aliphatic rings. The van der Waals surface area contributed by atoms with Crippen LogP contribution in [0.2, 0.25) is 0 Å². The van der Waals surface area contributed by atoms with Gasteiger partial charge in [-0.2, -0.15) is 0 Å². The predicted octanol–water partition coefficient (Wildman–Crippen LogP) is 4.05. The molecule has 2 aromatic rings. The highest BCUT2D eigenvalue weighted by molar-refractivity contribution is 5.35. The third-order valence-corrected chi connectivity index (χ3v) is 4.32. The largest absolute Gasteiger partial charge is 0.382 e. The lowest BCUT2D eigenvalue weighted by Gasteiger charge is -2.26. The molecule has 0 bridgehead atoms. The zero-order valence-electron chi connectivity index (χ0n) is 12.1. The number of pyridine rings is 1. The molecule has 2 heteroatoms. The Morgan fingerprint density at radius 1 is 1.20 bits per heavy atom. The summed E-state index contributed by atoms with van der Waals surface area (Å²) in [4.78, 5) is 4.41. The van der Waals surface area contributed by atoms with Crippen LogP contribution >= 0.6 is 0 Å². The summed E-state index contributed by atoms with van der Waals surface area (Å²) >= 11 is 0. The molecule has 1 fully saturated rings. The average Bonchev–Trinajstić information content (AvgIpc) is 2.36. The molecule has 1 aliphatic carbocycles. The zero-order chi connectivity index (χ0) is 14.1. The van der Waals surface area contributed by atoms with Crippen molar-refractivity contribution in [2.75, 3.05) is 0 Å². The average molecular weight is 267 g/mol. The second-order valence-electron chi connectivity index (χ2n) is 5.92. The van der Waals surface area contributed by atoms with Crippen molar-refractivity contribution in [1.82, 2.24) is 4.98 Å². The second kappa shape index (κ2) is 5.37. The number of benzene rings is 1. The zero-order valence-corrected chi connectivity index (χ0v) is 12.1. The van der Waals surface area contributed by atoms with Gasteiger partial charge in [0.2, 0.25) is 0 Å². The molecular formula is C18H21NO. The normalized spacial score (nSPS) is 16.8. The predicted molar refractivity (Wildman–Crippen MR) is 80.8 cm³/mol. The van der Waals surface area contributed by atoms with E-state index in [1.165, 1.54) is 24.8 Å². The quantitative estimate of drug-likeness (QED) is 0.910. The van der Waals surface area contributed by atoms with Crippen LogP contribution in [0.25, 0.3) is 0 Å². The van der Waals surface area contributed by atoms with Crippen molar-refractivity contribution in [3.05, 3.63) is 64.5 Å². The Hall–Kier alpha value is -1.67. The fourth-order valence-corrected chi connectivity index (χ4v) is 2.89. The summed E-state index contributed by atoms with van der Waals surface area (Å²) in [5.41, 5.74) is 5.25. The molecule has 0 amide bonds. The maximum atomic E-state index is 10.6. The van der Waals surface area contributed by atoms with Gasteiger partial charge in [-0.3, -0.25) is 4.98 Å². The van der Waals surface area contributed by atoms with E-state index in [9.17, 15) is 5.11 Å². The molecule has 0 spiro atoms. The van der Waals surface area contributed by atoms with E-state index >= 15 is 0 Å². The summed E-state index contributed by atoms with van der Waals surface area (Å²) < 4.78 is 0. The molecule has 1 heterocycles. The lowest BCUT2D eigenvalue weighted by molar-refractivity contribution is 0.214. The van der Waals surface area contributed by atoms with E-state index in [1.54, 1.807) is 0 Å². The van der Waals surface area contributed by atoms with E-state index < -0.39 is 6.10 Å². The minimum Gasteiger partial charge on any atom is -0.382 e. The molecule has 1 N–H and O–H groups in total. The van der Waals surface area contributed by atoms with Gasteiger partial charge in [0.05, 0.1) is 5.69 Å². The first-order chi connectivity index (χ1) is 9.65. The molecular weight excluding hydrogens is 246 g/mol. The molecule has 1 aromatic heterocycles. The summed E-state index contributed by atoms with van der Waals surface area (Å²) in [7, 11) is 0. The summed E-state index contributed by atoms with van der Waals surface area (Å²) in [6, 6.07) is 10.4. The Morgan fingerprint density at radius 2 is 2.00 bits per heavy atom. The van der Waals surface area contributed by atoms with Crippen LogP contribution in [-0.4, -0.2) is 10.1 Å². The van der Waals surface area contributed by atoms with Gasteiger partial charge in [0, 0.05) is 6.20 Å². The molecule has 2 nitrogen and oxygen atoms in total. The molecule has 0 radical (unpaired) electrons. The van der Waals surface area contributed by atoms with Gasteiger partial charge in [-0.25, -0.2) is 0 Å². The first-order valence-corrected chi connectivity index (χ1v) is 7.36. The lowest BCUT2D eigenvalue weighted by Crippen LogP contribution is -2.10. The van der Waals surface area contributed by atoms with Crippen molar-refractivity contribution >= 4 is 0 Å². The van der Waals surface area contributed by atoms with Gasteiger partial charge in [-0.05, 0) is 54.9 Å². The van der Waals surface area contributed by atoms with Gasteiger partial charge < -0.3 is 5.11 Å². The van der Waals surface area contributed by atoms with Crippen LogP contribution in [0.1, 0.15) is 59.2 Å². The fourth-order valence-electron chi connectivity index (χ4n) is 2.89. The standard InChI is InChI=1S/C18H21NO/c1-12-9-13(2)17(19-11-12)18(20)16-8-4-7-15(10-16)14-5-3-6-14/h4,7-11,14,18,20H,3,5-6H2,1-2H3. The van der Waals surface area contributed by atoms with Crippen LogP contribution in [-0.2, 0) is 0 Å². The van der Waals surface area contributed by atoms with E-state index in [0.29, 0.717) is 5.92 Å². The van der Waals surface area contributed by atoms with E-state index in [1.807, 2.05) is 26.1 Å². The molecule has 1 aromatic carbocycles. The van der Waals surface area contributed by atoms with E-state index in [4.69, 9.17) is 0 Å². The molecule has 0 saturated heterocycles. The Balaban J connectivity index is 1.91. The number of nitrogens with zero attached hydrogens (tertiary/aromatic N) is 1. The summed E-state index contributed by atoms with van der Waals surface area (Å²) in [5.74, 6) is 0.689. The third kappa shape index (κ3) is 2.48. The van der Waals surface area contributed by atoms with Crippen LogP contribution in [0.15, 0.2) is 36.5 Å². The van der Waals surface area contributed by atoms with Crippen molar-refractivity contribution in [3.63, 3.8) is 0 Å². The maximum Gasteiger partial charge on any atom is 0.121 e. The first-order valence-electron chi connectivity index (χ1n) is 7.36. The fraction of sp³-hybridized carbons (Fsp3) is 0.389. The highest BCUT2D eigenvalue weighted by Gasteiger charge is 2.21. The Bertz CT molecular complexity index is 617. The third-order valence-electron chi connectivity index (χ3n) is 4.32. The van der Waals surface area contributed by atoms with Crippen LogP contribution in [0.4, 0.5) is 0 Å². The first kappa shape index (κ1) is 13.3. The van der Waals surface area contributed by atoms with Crippen molar-refractivity contribution in [2.24, 2.45) is 0 Å². The number of aliphatic hydroxyl groups is 1. The highest BCUT2D eigenvalue weighted by atomic mass is 16.3. The van der Waals surface area contributed by atoms with Crippen LogP contribution in [0, 0.1) is 13.8 Å². The van der Waals surface area contributed by atoms with Crippen molar-refractivity contribution in [1.29, 1.82) is 0 Å². The minimum atomic E-state index is -0.629. The molecule has 3 rings (SSSR count). The van der Waals surface area contributed by atoms with Crippen molar-refractivity contribution in [2.45, 2.75) is 45.1 Å². The molecule has 0 aliphatic heterocycles. The lowest BCUT2D eigenvalue weighted by atomic mass is 9.79. The van der Waals surface area contributed by atoms with E-state index in [0.717, 1.165) is 22.4 Å². The molecule has 1 saturated carbocycles. The van der Waals surface area contributed by atoms with Gasteiger partial charge >= 0.3 is 0 Å². The number of hydrogen-bond donors (Lipinski definition) is 1. The maximum absolute atomic E-state index is 10.6. The molecule has 20 heavy (non-hydrogen) atoms. The Morgan fingerprint density at radius 3 is 2.65 bits per heavy atom. The number of aryl methyl sites for hydroxylation is 2. The van der Waals surface area contributed by atoms with Crippen LogP contribution < -0.4 is 0 Å².